The summed E-state index contributed by atoms with van der Waals surface area (Å²) in [6.07, 6.45) is 1.35. The third-order valence-corrected chi connectivity index (χ3v) is 2.80. The van der Waals surface area contributed by atoms with Crippen LogP contribution < -0.4 is 0 Å². The van der Waals surface area contributed by atoms with Gasteiger partial charge in [-0.15, -0.1) is 0 Å². The van der Waals surface area contributed by atoms with Crippen molar-refractivity contribution in [2.24, 2.45) is 5.92 Å². The number of fused-ring (bicyclic) bond motifs is 2. The van der Waals surface area contributed by atoms with Crippen LogP contribution in [0.25, 0.3) is 0 Å². The molecule has 2 bridgehead atoms. The number of carboxylic acid groups (broad SMARTS) is 2. The Kier molecular flexibility index (Phi) is 2.77. The van der Waals surface area contributed by atoms with Gasteiger partial charge in [-0.25, -0.2) is 4.79 Å². The number of aliphatic hydroxyl groups is 2. The molecule has 2 aliphatic carbocycles. The van der Waals surface area contributed by atoms with Gasteiger partial charge in [-0.2, -0.15) is 0 Å². The largest absolute Gasteiger partial charge is 0.503 e. The van der Waals surface area contributed by atoms with Crippen LogP contribution in [0, 0.1) is 5.92 Å². The molecule has 0 aromatic carbocycles. The first kappa shape index (κ1) is 10.3. The molecule has 2 saturated carbocycles. The predicted octanol–water partition coefficient (Wildman–Crippen LogP) is 0.505. The normalized spacial score (nSPS) is 41.1. The molecule has 0 aliphatic heterocycles. The molecule has 0 aromatic heterocycles. The number of hydrogen-bond donors (Lipinski definition) is 4. The molecule has 76 valence electrons. The van der Waals surface area contributed by atoms with E-state index in [-0.39, 0.29) is 0 Å². The van der Waals surface area contributed by atoms with E-state index in [1.807, 2.05) is 0 Å². The van der Waals surface area contributed by atoms with E-state index in [1.54, 1.807) is 0 Å². The first-order valence-corrected chi connectivity index (χ1v) is 4.26. The average molecular weight is 190 g/mol. The molecule has 5 heteroatoms. The van der Waals surface area contributed by atoms with Crippen molar-refractivity contribution >= 4 is 6.16 Å². The summed E-state index contributed by atoms with van der Waals surface area (Å²) < 4.78 is 0. The fraction of sp³-hybridized carbons (Fsp3) is 0.875. The van der Waals surface area contributed by atoms with Crippen LogP contribution in [0.1, 0.15) is 25.7 Å². The molecule has 5 nitrogen and oxygen atoms in total. The Morgan fingerprint density at radius 1 is 1.38 bits per heavy atom. The summed E-state index contributed by atoms with van der Waals surface area (Å²) in [5, 5.41) is 32.7. The second kappa shape index (κ2) is 3.51. The molecular weight excluding hydrogens is 176 g/mol. The Morgan fingerprint density at radius 2 is 1.92 bits per heavy atom. The SMILES string of the molecule is O=C(O)O.OC1CC2CCC1(O)C2. The molecule has 4 N–H and O–H groups in total. The lowest BCUT2D eigenvalue weighted by Gasteiger charge is -2.24. The van der Waals surface area contributed by atoms with Crippen molar-refractivity contribution in [3.8, 4) is 0 Å². The molecule has 0 saturated heterocycles. The van der Waals surface area contributed by atoms with Crippen LogP contribution in [0.15, 0.2) is 0 Å². The van der Waals surface area contributed by atoms with E-state index >= 15 is 0 Å². The number of rotatable bonds is 0. The van der Waals surface area contributed by atoms with Crippen LogP contribution in [0.4, 0.5) is 4.79 Å². The first-order valence-electron chi connectivity index (χ1n) is 4.26. The lowest BCUT2D eigenvalue weighted by molar-refractivity contribution is -0.0561. The Hall–Kier alpha value is -0.810. The Labute approximate surface area is 75.6 Å². The highest BCUT2D eigenvalue weighted by Gasteiger charge is 2.50. The maximum Gasteiger partial charge on any atom is 0.503 e. The standard InChI is InChI=1S/C7H12O2.CH2O3/c8-6-3-5-1-2-7(6,9)4-5;2-1(3)4/h5-6,8-9H,1-4H2;(H2,2,3,4). The van der Waals surface area contributed by atoms with Crippen LogP contribution in [-0.4, -0.2) is 38.3 Å². The molecule has 3 unspecified atom stereocenters. The summed E-state index contributed by atoms with van der Waals surface area (Å²) in [5.41, 5.74) is -0.676. The molecule has 3 atom stereocenters. The van der Waals surface area contributed by atoms with E-state index in [2.05, 4.69) is 0 Å². The van der Waals surface area contributed by atoms with Gasteiger partial charge in [0, 0.05) is 0 Å². The quantitative estimate of drug-likeness (QED) is 0.446. The van der Waals surface area contributed by atoms with E-state index in [4.69, 9.17) is 15.0 Å². The molecule has 0 spiro atoms. The van der Waals surface area contributed by atoms with Crippen LogP contribution in [0.2, 0.25) is 0 Å². The van der Waals surface area contributed by atoms with Gasteiger partial charge in [-0.1, -0.05) is 0 Å². The third kappa shape index (κ3) is 2.32. The number of aliphatic hydroxyl groups excluding tert-OH is 1. The molecule has 0 aromatic rings. The zero-order valence-electron chi connectivity index (χ0n) is 7.18. The van der Waals surface area contributed by atoms with Crippen molar-refractivity contribution in [2.45, 2.75) is 37.4 Å². The summed E-state index contributed by atoms with van der Waals surface area (Å²) in [4.78, 5) is 8.56. The molecule has 13 heavy (non-hydrogen) atoms. The fourth-order valence-corrected chi connectivity index (χ4v) is 2.20. The van der Waals surface area contributed by atoms with Gasteiger partial charge in [-0.05, 0) is 31.6 Å². The van der Waals surface area contributed by atoms with Crippen LogP contribution in [-0.2, 0) is 0 Å². The smallest absolute Gasteiger partial charge is 0.450 e. The van der Waals surface area contributed by atoms with Gasteiger partial charge >= 0.3 is 6.16 Å². The van der Waals surface area contributed by atoms with Gasteiger partial charge in [0.05, 0.1) is 11.7 Å². The minimum atomic E-state index is -1.83. The molecule has 2 rings (SSSR count). The third-order valence-electron chi connectivity index (χ3n) is 2.80. The number of carbonyl (C=O) groups is 1. The van der Waals surface area contributed by atoms with E-state index in [9.17, 15) is 10.2 Å². The maximum atomic E-state index is 9.56. The monoisotopic (exact) mass is 190 g/mol. The molecule has 2 aliphatic rings. The lowest BCUT2D eigenvalue weighted by Crippen LogP contribution is -2.36. The Morgan fingerprint density at radius 3 is 2.08 bits per heavy atom. The van der Waals surface area contributed by atoms with Crippen molar-refractivity contribution in [1.82, 2.24) is 0 Å². The zero-order valence-corrected chi connectivity index (χ0v) is 7.18. The van der Waals surface area contributed by atoms with Crippen molar-refractivity contribution < 1.29 is 25.2 Å². The first-order chi connectivity index (χ1) is 5.94. The molecular formula is C8H14O5. The van der Waals surface area contributed by atoms with E-state index in [0.717, 1.165) is 25.7 Å². The van der Waals surface area contributed by atoms with Gasteiger partial charge < -0.3 is 20.4 Å². The van der Waals surface area contributed by atoms with Gasteiger partial charge in [0.25, 0.3) is 0 Å². The maximum absolute atomic E-state index is 9.56. The van der Waals surface area contributed by atoms with Crippen LogP contribution in [0.5, 0.6) is 0 Å². The highest BCUT2D eigenvalue weighted by molar-refractivity contribution is 5.53. The van der Waals surface area contributed by atoms with E-state index in [0.29, 0.717) is 5.92 Å². The lowest BCUT2D eigenvalue weighted by atomic mass is 9.94. The molecule has 2 fully saturated rings. The summed E-state index contributed by atoms with van der Waals surface area (Å²) in [6, 6.07) is 0. The summed E-state index contributed by atoms with van der Waals surface area (Å²) in [7, 11) is 0. The second-order valence-electron chi connectivity index (χ2n) is 3.75. The van der Waals surface area contributed by atoms with Gasteiger partial charge in [0.1, 0.15) is 0 Å². The van der Waals surface area contributed by atoms with Gasteiger partial charge in [0.2, 0.25) is 0 Å². The minimum Gasteiger partial charge on any atom is -0.450 e. The topological polar surface area (TPSA) is 98.0 Å². The second-order valence-corrected chi connectivity index (χ2v) is 3.75. The van der Waals surface area contributed by atoms with E-state index < -0.39 is 17.9 Å². The molecule has 0 radical (unpaired) electrons. The average Bonchev–Trinajstić information content (AvgIpc) is 2.41. The van der Waals surface area contributed by atoms with Crippen molar-refractivity contribution in [1.29, 1.82) is 0 Å². The van der Waals surface area contributed by atoms with Crippen LogP contribution in [0.3, 0.4) is 0 Å². The Balaban J connectivity index is 0.000000184. The predicted molar refractivity (Wildman–Crippen MR) is 43.6 cm³/mol. The van der Waals surface area contributed by atoms with E-state index in [1.165, 1.54) is 0 Å². The highest BCUT2D eigenvalue weighted by atomic mass is 16.6. The van der Waals surface area contributed by atoms with Crippen molar-refractivity contribution in [3.05, 3.63) is 0 Å². The Bertz CT molecular complexity index is 201. The molecule has 0 heterocycles. The van der Waals surface area contributed by atoms with Crippen LogP contribution >= 0.6 is 0 Å². The summed E-state index contributed by atoms with van der Waals surface area (Å²) in [5.74, 6) is 0.616. The van der Waals surface area contributed by atoms with Crippen molar-refractivity contribution in [3.63, 3.8) is 0 Å². The highest BCUT2D eigenvalue weighted by Crippen LogP contribution is 2.47. The van der Waals surface area contributed by atoms with Crippen molar-refractivity contribution in [2.75, 3.05) is 0 Å². The zero-order chi connectivity index (χ0) is 10.1. The fourth-order valence-electron chi connectivity index (χ4n) is 2.20. The van der Waals surface area contributed by atoms with Gasteiger partial charge in [-0.3, -0.25) is 0 Å². The number of hydrogen-bond acceptors (Lipinski definition) is 3. The summed E-state index contributed by atoms with van der Waals surface area (Å²) >= 11 is 0. The van der Waals surface area contributed by atoms with Gasteiger partial charge in [0.15, 0.2) is 0 Å². The summed E-state index contributed by atoms with van der Waals surface area (Å²) in [6.45, 7) is 0. The minimum absolute atomic E-state index is 0.420. The molecule has 0 amide bonds.